The van der Waals surface area contributed by atoms with Crippen LogP contribution in [0.15, 0.2) is 0 Å². The number of piperidine rings is 1. The molecule has 0 radical (unpaired) electrons. The molecule has 2 aliphatic heterocycles. The SMILES string of the molecule is CC(C)(CCCN1CCC(N2CCCCC2)C1)C(=O)O. The molecule has 0 spiro atoms. The Morgan fingerprint density at radius 1 is 1.20 bits per heavy atom. The highest BCUT2D eigenvalue weighted by Crippen LogP contribution is 2.24. The van der Waals surface area contributed by atoms with Gasteiger partial charge in [-0.15, -0.1) is 0 Å². The van der Waals surface area contributed by atoms with E-state index in [1.165, 1.54) is 51.9 Å². The zero-order valence-electron chi connectivity index (χ0n) is 13.1. The molecule has 4 heteroatoms. The molecule has 1 N–H and O–H groups in total. The van der Waals surface area contributed by atoms with Crippen LogP contribution in [0.1, 0.15) is 52.4 Å². The molecule has 2 fully saturated rings. The number of likely N-dealkylation sites (tertiary alicyclic amines) is 2. The van der Waals surface area contributed by atoms with E-state index >= 15 is 0 Å². The molecular formula is C16H30N2O2. The number of rotatable bonds is 6. The standard InChI is InChI=1S/C16H30N2O2/c1-16(2,15(19)20)8-6-9-17-12-7-14(13-17)18-10-4-3-5-11-18/h14H,3-13H2,1-2H3,(H,19,20). The third kappa shape index (κ3) is 4.19. The molecule has 116 valence electrons. The van der Waals surface area contributed by atoms with Crippen LogP contribution < -0.4 is 0 Å². The summed E-state index contributed by atoms with van der Waals surface area (Å²) in [6, 6.07) is 0.753. The fourth-order valence-corrected chi connectivity index (χ4v) is 3.45. The molecule has 2 saturated heterocycles. The van der Waals surface area contributed by atoms with Gasteiger partial charge < -0.3 is 10.0 Å². The van der Waals surface area contributed by atoms with E-state index < -0.39 is 11.4 Å². The van der Waals surface area contributed by atoms with Gasteiger partial charge in [0.1, 0.15) is 0 Å². The normalized spacial score (nSPS) is 26.0. The second-order valence-electron chi connectivity index (χ2n) is 7.13. The van der Waals surface area contributed by atoms with E-state index in [2.05, 4.69) is 9.80 Å². The van der Waals surface area contributed by atoms with Crippen LogP contribution in [0, 0.1) is 5.41 Å². The number of carboxylic acids is 1. The first-order valence-corrected chi connectivity index (χ1v) is 8.19. The third-order valence-corrected chi connectivity index (χ3v) is 5.01. The van der Waals surface area contributed by atoms with Crippen molar-refractivity contribution in [2.45, 2.75) is 58.4 Å². The minimum absolute atomic E-state index is 0.577. The van der Waals surface area contributed by atoms with Gasteiger partial charge in [-0.05, 0) is 72.1 Å². The number of carbonyl (C=O) groups is 1. The highest BCUT2D eigenvalue weighted by atomic mass is 16.4. The van der Waals surface area contributed by atoms with Gasteiger partial charge in [0.25, 0.3) is 0 Å². The van der Waals surface area contributed by atoms with Crippen molar-refractivity contribution in [2.24, 2.45) is 5.41 Å². The smallest absolute Gasteiger partial charge is 0.309 e. The van der Waals surface area contributed by atoms with Crippen LogP contribution >= 0.6 is 0 Å². The number of aliphatic carboxylic acids is 1. The van der Waals surface area contributed by atoms with Crippen LogP contribution in [-0.4, -0.2) is 59.6 Å². The number of hydrogen-bond donors (Lipinski definition) is 1. The van der Waals surface area contributed by atoms with Crippen LogP contribution in [-0.2, 0) is 4.79 Å². The highest BCUT2D eigenvalue weighted by molar-refractivity contribution is 5.73. The van der Waals surface area contributed by atoms with Crippen molar-refractivity contribution in [1.82, 2.24) is 9.80 Å². The molecular weight excluding hydrogens is 252 g/mol. The van der Waals surface area contributed by atoms with E-state index in [0.717, 1.165) is 25.4 Å². The Morgan fingerprint density at radius 2 is 1.90 bits per heavy atom. The molecule has 1 atom stereocenters. The van der Waals surface area contributed by atoms with Crippen molar-refractivity contribution in [3.63, 3.8) is 0 Å². The Kier molecular flexibility index (Phi) is 5.44. The van der Waals surface area contributed by atoms with Crippen molar-refractivity contribution >= 4 is 5.97 Å². The highest BCUT2D eigenvalue weighted by Gasteiger charge is 2.30. The summed E-state index contributed by atoms with van der Waals surface area (Å²) in [4.78, 5) is 16.3. The van der Waals surface area contributed by atoms with Gasteiger partial charge in [-0.2, -0.15) is 0 Å². The summed E-state index contributed by atoms with van der Waals surface area (Å²) in [5.41, 5.74) is -0.577. The molecule has 2 rings (SSSR count). The van der Waals surface area contributed by atoms with E-state index in [9.17, 15) is 4.79 Å². The fraction of sp³-hybridized carbons (Fsp3) is 0.938. The summed E-state index contributed by atoms with van der Waals surface area (Å²) in [5.74, 6) is -0.676. The lowest BCUT2D eigenvalue weighted by atomic mass is 9.88. The van der Waals surface area contributed by atoms with Crippen molar-refractivity contribution in [2.75, 3.05) is 32.7 Å². The summed E-state index contributed by atoms with van der Waals surface area (Å²) in [6.45, 7) is 9.66. The van der Waals surface area contributed by atoms with Crippen LogP contribution in [0.5, 0.6) is 0 Å². The van der Waals surface area contributed by atoms with Gasteiger partial charge in [0.2, 0.25) is 0 Å². The topological polar surface area (TPSA) is 43.8 Å². The molecule has 2 heterocycles. The second-order valence-corrected chi connectivity index (χ2v) is 7.13. The summed E-state index contributed by atoms with van der Waals surface area (Å²) in [7, 11) is 0. The zero-order chi connectivity index (χ0) is 14.6. The number of nitrogens with zero attached hydrogens (tertiary/aromatic N) is 2. The summed E-state index contributed by atoms with van der Waals surface area (Å²) in [5, 5.41) is 9.13. The number of hydrogen-bond acceptors (Lipinski definition) is 3. The van der Waals surface area contributed by atoms with E-state index in [4.69, 9.17) is 5.11 Å². The Balaban J connectivity index is 1.67. The maximum atomic E-state index is 11.1. The lowest BCUT2D eigenvalue weighted by molar-refractivity contribution is -0.147. The van der Waals surface area contributed by atoms with Gasteiger partial charge in [0.15, 0.2) is 0 Å². The minimum atomic E-state index is -0.676. The lowest BCUT2D eigenvalue weighted by Crippen LogP contribution is -2.41. The van der Waals surface area contributed by atoms with Gasteiger partial charge in [-0.3, -0.25) is 9.69 Å². The first kappa shape index (κ1) is 15.8. The molecule has 0 aromatic heterocycles. The van der Waals surface area contributed by atoms with Crippen LogP contribution in [0.25, 0.3) is 0 Å². The van der Waals surface area contributed by atoms with Crippen LogP contribution in [0.2, 0.25) is 0 Å². The average molecular weight is 282 g/mol. The summed E-state index contributed by atoms with van der Waals surface area (Å²) < 4.78 is 0. The van der Waals surface area contributed by atoms with E-state index in [0.29, 0.717) is 0 Å². The van der Waals surface area contributed by atoms with Crippen molar-refractivity contribution in [3.8, 4) is 0 Å². The summed E-state index contributed by atoms with van der Waals surface area (Å²) in [6.07, 6.45) is 7.19. The third-order valence-electron chi connectivity index (χ3n) is 5.01. The van der Waals surface area contributed by atoms with E-state index in [-0.39, 0.29) is 0 Å². The molecule has 4 nitrogen and oxygen atoms in total. The average Bonchev–Trinajstić information content (AvgIpc) is 2.88. The second kappa shape index (κ2) is 6.90. The van der Waals surface area contributed by atoms with E-state index in [1.54, 1.807) is 0 Å². The molecule has 0 aromatic carbocycles. The molecule has 0 aliphatic carbocycles. The maximum Gasteiger partial charge on any atom is 0.309 e. The van der Waals surface area contributed by atoms with Gasteiger partial charge in [-0.1, -0.05) is 6.42 Å². The summed E-state index contributed by atoms with van der Waals surface area (Å²) >= 11 is 0. The molecule has 0 saturated carbocycles. The monoisotopic (exact) mass is 282 g/mol. The first-order chi connectivity index (χ1) is 9.49. The lowest BCUT2D eigenvalue weighted by Gasteiger charge is -2.32. The Labute approximate surface area is 123 Å². The Bertz CT molecular complexity index is 324. The van der Waals surface area contributed by atoms with Crippen LogP contribution in [0.4, 0.5) is 0 Å². The predicted octanol–water partition coefficient (Wildman–Crippen LogP) is 2.44. The fourth-order valence-electron chi connectivity index (χ4n) is 3.45. The van der Waals surface area contributed by atoms with Gasteiger partial charge in [0.05, 0.1) is 5.41 Å². The maximum absolute atomic E-state index is 11.1. The minimum Gasteiger partial charge on any atom is -0.481 e. The molecule has 0 amide bonds. The zero-order valence-corrected chi connectivity index (χ0v) is 13.1. The first-order valence-electron chi connectivity index (χ1n) is 8.19. The van der Waals surface area contributed by atoms with E-state index in [1.807, 2.05) is 13.8 Å². The Morgan fingerprint density at radius 3 is 2.55 bits per heavy atom. The largest absolute Gasteiger partial charge is 0.481 e. The van der Waals surface area contributed by atoms with Gasteiger partial charge in [0, 0.05) is 12.6 Å². The molecule has 20 heavy (non-hydrogen) atoms. The quantitative estimate of drug-likeness (QED) is 0.812. The van der Waals surface area contributed by atoms with Crippen molar-refractivity contribution in [1.29, 1.82) is 0 Å². The predicted molar refractivity (Wildman–Crippen MR) is 80.9 cm³/mol. The molecule has 0 aromatic rings. The van der Waals surface area contributed by atoms with Gasteiger partial charge in [-0.25, -0.2) is 0 Å². The van der Waals surface area contributed by atoms with Crippen LogP contribution in [0.3, 0.4) is 0 Å². The molecule has 2 aliphatic rings. The molecule has 0 bridgehead atoms. The number of carboxylic acid groups (broad SMARTS) is 1. The molecule has 1 unspecified atom stereocenters. The van der Waals surface area contributed by atoms with Gasteiger partial charge >= 0.3 is 5.97 Å². The Hall–Kier alpha value is -0.610. The van der Waals surface area contributed by atoms with Crippen molar-refractivity contribution < 1.29 is 9.90 Å². The van der Waals surface area contributed by atoms with Crippen molar-refractivity contribution in [3.05, 3.63) is 0 Å².